The van der Waals surface area contributed by atoms with Crippen molar-refractivity contribution in [3.05, 3.63) is 62.4 Å². The number of nitro benzene ring substituents is 1. The Morgan fingerprint density at radius 1 is 1.23 bits per heavy atom. The molecule has 0 saturated carbocycles. The van der Waals surface area contributed by atoms with Crippen LogP contribution < -0.4 is 4.74 Å². The third-order valence-electron chi connectivity index (χ3n) is 2.85. The van der Waals surface area contributed by atoms with Crippen LogP contribution >= 0.6 is 15.9 Å². The van der Waals surface area contributed by atoms with Crippen LogP contribution in [0.1, 0.15) is 5.56 Å². The van der Waals surface area contributed by atoms with Gasteiger partial charge in [-0.15, -0.1) is 0 Å². The monoisotopic (exact) mass is 368 g/mol. The van der Waals surface area contributed by atoms with Crippen LogP contribution in [0.2, 0.25) is 0 Å². The average Bonchev–Trinajstić information content (AvgIpc) is 2.42. The molecule has 0 aliphatic carbocycles. The Labute approximate surface area is 135 Å². The molecule has 0 aliphatic rings. The summed E-state index contributed by atoms with van der Waals surface area (Å²) >= 11 is 3.19. The zero-order valence-corrected chi connectivity index (χ0v) is 13.6. The number of nitro groups is 1. The van der Waals surface area contributed by atoms with E-state index >= 15 is 0 Å². The summed E-state index contributed by atoms with van der Waals surface area (Å²) in [5.41, 5.74) is 0.455. The maximum atomic E-state index is 13.4. The number of nitrogens with zero attached hydrogens (tertiary/aromatic N) is 2. The molecular weight excluding hydrogens is 355 g/mol. The first kappa shape index (κ1) is 16.4. The van der Waals surface area contributed by atoms with Gasteiger partial charge in [-0.2, -0.15) is 0 Å². The molecule has 0 amide bonds. The van der Waals surface area contributed by atoms with Gasteiger partial charge in [0.2, 0.25) is 5.75 Å². The molecule has 0 fully saturated rings. The fourth-order valence-corrected chi connectivity index (χ4v) is 2.30. The maximum absolute atomic E-state index is 13.4. The van der Waals surface area contributed by atoms with Crippen LogP contribution in [0.4, 0.5) is 10.1 Å². The lowest BCUT2D eigenvalue weighted by Crippen LogP contribution is -2.11. The molecule has 0 radical (unpaired) electrons. The van der Waals surface area contributed by atoms with Crippen molar-refractivity contribution in [2.24, 2.45) is 0 Å². The molecule has 0 aliphatic heterocycles. The lowest BCUT2D eigenvalue weighted by atomic mass is 10.2. The molecule has 22 heavy (non-hydrogen) atoms. The summed E-state index contributed by atoms with van der Waals surface area (Å²) in [6.07, 6.45) is 0. The summed E-state index contributed by atoms with van der Waals surface area (Å²) in [7, 11) is 3.69. The van der Waals surface area contributed by atoms with Gasteiger partial charge in [-0.25, -0.2) is 4.39 Å². The van der Waals surface area contributed by atoms with Crippen molar-refractivity contribution in [3.8, 4) is 11.5 Å². The molecule has 0 atom stereocenters. The molecule has 7 heteroatoms. The van der Waals surface area contributed by atoms with Crippen LogP contribution in [0.15, 0.2) is 40.9 Å². The third-order valence-corrected chi connectivity index (χ3v) is 3.34. The van der Waals surface area contributed by atoms with E-state index in [9.17, 15) is 14.5 Å². The summed E-state index contributed by atoms with van der Waals surface area (Å²) in [5, 5.41) is 11.1. The molecule has 2 rings (SSSR count). The highest BCUT2D eigenvalue weighted by Crippen LogP contribution is 2.35. The normalized spacial score (nSPS) is 10.8. The first-order chi connectivity index (χ1) is 10.4. The average molecular weight is 369 g/mol. The van der Waals surface area contributed by atoms with E-state index in [4.69, 9.17) is 4.74 Å². The van der Waals surface area contributed by atoms with E-state index in [2.05, 4.69) is 15.9 Å². The fourth-order valence-electron chi connectivity index (χ4n) is 1.95. The van der Waals surface area contributed by atoms with Crippen molar-refractivity contribution < 1.29 is 14.1 Å². The second kappa shape index (κ2) is 6.85. The van der Waals surface area contributed by atoms with Gasteiger partial charge in [-0.05, 0) is 44.4 Å². The van der Waals surface area contributed by atoms with Crippen LogP contribution in [-0.2, 0) is 6.54 Å². The standard InChI is InChI=1S/C15H14BrFN2O3/c1-18(2)9-10-7-12(17)4-6-14(10)22-15-5-3-11(16)8-13(15)19(20)21/h3-8H,9H2,1-2H3. The van der Waals surface area contributed by atoms with Gasteiger partial charge in [-0.3, -0.25) is 10.1 Å². The summed E-state index contributed by atoms with van der Waals surface area (Å²) in [6.45, 7) is 0.456. The molecule has 116 valence electrons. The minimum absolute atomic E-state index is 0.111. The smallest absolute Gasteiger partial charge is 0.312 e. The van der Waals surface area contributed by atoms with Crippen LogP contribution in [0.5, 0.6) is 11.5 Å². The van der Waals surface area contributed by atoms with E-state index in [1.807, 2.05) is 19.0 Å². The fraction of sp³-hybridized carbons (Fsp3) is 0.200. The van der Waals surface area contributed by atoms with Gasteiger partial charge in [-0.1, -0.05) is 15.9 Å². The quantitative estimate of drug-likeness (QED) is 0.581. The van der Waals surface area contributed by atoms with Crippen molar-refractivity contribution in [2.45, 2.75) is 6.54 Å². The molecule has 0 N–H and O–H groups in total. The van der Waals surface area contributed by atoms with Crippen molar-refractivity contribution in [1.82, 2.24) is 4.90 Å². The molecule has 0 bridgehead atoms. The second-order valence-electron chi connectivity index (χ2n) is 4.96. The lowest BCUT2D eigenvalue weighted by Gasteiger charge is -2.15. The van der Waals surface area contributed by atoms with Crippen LogP contribution in [0, 0.1) is 15.9 Å². The van der Waals surface area contributed by atoms with Gasteiger partial charge < -0.3 is 9.64 Å². The predicted octanol–water partition coefficient (Wildman–Crippen LogP) is 4.35. The topological polar surface area (TPSA) is 55.6 Å². The SMILES string of the molecule is CN(C)Cc1cc(F)ccc1Oc1ccc(Br)cc1[N+](=O)[O-]. The van der Waals surface area contributed by atoms with E-state index < -0.39 is 4.92 Å². The Kier molecular flexibility index (Phi) is 5.10. The third kappa shape index (κ3) is 4.02. The molecule has 0 aromatic heterocycles. The van der Waals surface area contributed by atoms with Crippen molar-refractivity contribution in [2.75, 3.05) is 14.1 Å². The first-order valence-electron chi connectivity index (χ1n) is 6.42. The number of benzene rings is 2. The number of halogens is 2. The Morgan fingerprint density at radius 3 is 2.55 bits per heavy atom. The summed E-state index contributed by atoms with van der Waals surface area (Å²) in [4.78, 5) is 12.5. The molecule has 2 aromatic rings. The molecule has 0 saturated heterocycles. The zero-order valence-electron chi connectivity index (χ0n) is 12.0. The van der Waals surface area contributed by atoms with Crippen molar-refractivity contribution in [1.29, 1.82) is 0 Å². The summed E-state index contributed by atoms with van der Waals surface area (Å²) in [6, 6.07) is 8.62. The Hall–Kier alpha value is -1.99. The molecule has 0 heterocycles. The lowest BCUT2D eigenvalue weighted by molar-refractivity contribution is -0.385. The number of rotatable bonds is 5. The van der Waals surface area contributed by atoms with Gasteiger partial charge >= 0.3 is 5.69 Å². The Balaban J connectivity index is 2.41. The number of hydrogen-bond donors (Lipinski definition) is 0. The molecule has 0 unspecified atom stereocenters. The minimum Gasteiger partial charge on any atom is -0.450 e. The first-order valence-corrected chi connectivity index (χ1v) is 7.21. The van der Waals surface area contributed by atoms with Crippen LogP contribution in [0.3, 0.4) is 0 Å². The van der Waals surface area contributed by atoms with E-state index in [1.54, 1.807) is 6.07 Å². The Bertz CT molecular complexity index is 707. The molecule has 2 aromatic carbocycles. The largest absolute Gasteiger partial charge is 0.450 e. The van der Waals surface area contributed by atoms with Gasteiger partial charge in [0.1, 0.15) is 11.6 Å². The number of hydrogen-bond acceptors (Lipinski definition) is 4. The van der Waals surface area contributed by atoms with Gasteiger partial charge in [0.25, 0.3) is 0 Å². The van der Waals surface area contributed by atoms with E-state index in [0.29, 0.717) is 22.3 Å². The van der Waals surface area contributed by atoms with Gasteiger partial charge in [0.15, 0.2) is 0 Å². The molecule has 0 spiro atoms. The number of ether oxygens (including phenoxy) is 1. The summed E-state index contributed by atoms with van der Waals surface area (Å²) in [5.74, 6) is 0.120. The van der Waals surface area contributed by atoms with Crippen molar-refractivity contribution >= 4 is 21.6 Å². The predicted molar refractivity (Wildman–Crippen MR) is 84.7 cm³/mol. The van der Waals surface area contributed by atoms with Crippen molar-refractivity contribution in [3.63, 3.8) is 0 Å². The Morgan fingerprint density at radius 2 is 1.91 bits per heavy atom. The van der Waals surface area contributed by atoms with Crippen LogP contribution in [-0.4, -0.2) is 23.9 Å². The highest BCUT2D eigenvalue weighted by molar-refractivity contribution is 9.10. The zero-order chi connectivity index (χ0) is 16.3. The van der Waals surface area contributed by atoms with Gasteiger partial charge in [0.05, 0.1) is 4.92 Å². The molecule has 5 nitrogen and oxygen atoms in total. The van der Waals surface area contributed by atoms with E-state index in [-0.39, 0.29) is 17.3 Å². The highest BCUT2D eigenvalue weighted by Gasteiger charge is 2.18. The van der Waals surface area contributed by atoms with Gasteiger partial charge in [0, 0.05) is 22.6 Å². The minimum atomic E-state index is -0.519. The maximum Gasteiger partial charge on any atom is 0.312 e. The van der Waals surface area contributed by atoms with E-state index in [0.717, 1.165) is 0 Å². The molecular formula is C15H14BrFN2O3. The van der Waals surface area contributed by atoms with Crippen LogP contribution in [0.25, 0.3) is 0 Å². The summed E-state index contributed by atoms with van der Waals surface area (Å²) < 4.78 is 19.6. The highest BCUT2D eigenvalue weighted by atomic mass is 79.9. The second-order valence-corrected chi connectivity index (χ2v) is 5.88. The van der Waals surface area contributed by atoms with E-state index in [1.165, 1.54) is 30.3 Å².